The molecule has 0 saturated heterocycles. The van der Waals surface area contributed by atoms with E-state index in [2.05, 4.69) is 40.2 Å². The first-order valence-electron chi connectivity index (χ1n) is 5.58. The summed E-state index contributed by atoms with van der Waals surface area (Å²) in [5.41, 5.74) is 1.37. The normalized spacial score (nSPS) is 10.1. The number of hydrogen-bond acceptors (Lipinski definition) is 2. The van der Waals surface area contributed by atoms with Crippen LogP contribution in [-0.4, -0.2) is 17.9 Å². The second kappa shape index (κ2) is 8.34. The molecule has 1 rings (SSSR count). The number of halogens is 1. The van der Waals surface area contributed by atoms with Gasteiger partial charge in [0.25, 0.3) is 0 Å². The molecule has 0 amide bonds. The van der Waals surface area contributed by atoms with Crippen LogP contribution in [0.3, 0.4) is 0 Å². The number of esters is 1. The number of hydrogen-bond donors (Lipinski definition) is 0. The van der Waals surface area contributed by atoms with Gasteiger partial charge < -0.3 is 4.74 Å². The summed E-state index contributed by atoms with van der Waals surface area (Å²) in [5.74, 6) is -0.178. The Kier molecular flexibility index (Phi) is 6.90. The average molecular weight is 285 g/mol. The molecule has 0 heterocycles. The minimum Gasteiger partial charge on any atom is -0.465 e. The van der Waals surface area contributed by atoms with E-state index in [1.54, 1.807) is 0 Å². The molecule has 0 spiro atoms. The predicted molar refractivity (Wildman–Crippen MR) is 68.8 cm³/mol. The van der Waals surface area contributed by atoms with Gasteiger partial charge in [-0.2, -0.15) is 0 Å². The number of rotatable bonds is 7. The highest BCUT2D eigenvalue weighted by Crippen LogP contribution is 2.06. The topological polar surface area (TPSA) is 26.3 Å². The largest absolute Gasteiger partial charge is 0.465 e. The van der Waals surface area contributed by atoms with Gasteiger partial charge in [0.15, 0.2) is 0 Å². The smallest absolute Gasteiger partial charge is 0.316 e. The van der Waals surface area contributed by atoms with Crippen LogP contribution in [0.1, 0.15) is 24.8 Å². The third kappa shape index (κ3) is 5.91. The van der Waals surface area contributed by atoms with Crippen molar-refractivity contribution in [2.24, 2.45) is 0 Å². The van der Waals surface area contributed by atoms with Crippen molar-refractivity contribution in [3.8, 4) is 0 Å². The Morgan fingerprint density at radius 1 is 1.12 bits per heavy atom. The fraction of sp³-hybridized carbons (Fsp3) is 0.462. The molecule has 0 bridgehead atoms. The van der Waals surface area contributed by atoms with E-state index in [-0.39, 0.29) is 11.3 Å². The van der Waals surface area contributed by atoms with E-state index < -0.39 is 0 Å². The molecule has 0 aliphatic carbocycles. The Labute approximate surface area is 105 Å². The van der Waals surface area contributed by atoms with Crippen molar-refractivity contribution < 1.29 is 9.53 Å². The second-order valence-corrected chi connectivity index (χ2v) is 4.21. The van der Waals surface area contributed by atoms with Crippen LogP contribution >= 0.6 is 15.9 Å². The lowest BCUT2D eigenvalue weighted by atomic mass is 10.1. The zero-order valence-corrected chi connectivity index (χ0v) is 10.9. The highest BCUT2D eigenvalue weighted by molar-refractivity contribution is 9.09. The minimum absolute atomic E-state index is 0.178. The summed E-state index contributed by atoms with van der Waals surface area (Å²) >= 11 is 3.05. The summed E-state index contributed by atoms with van der Waals surface area (Å²) < 4.78 is 4.96. The van der Waals surface area contributed by atoms with Gasteiger partial charge in [-0.15, -0.1) is 0 Å². The van der Waals surface area contributed by atoms with E-state index in [0.717, 1.165) is 25.7 Å². The first kappa shape index (κ1) is 13.2. The second-order valence-electron chi connectivity index (χ2n) is 3.65. The molecular formula is C13H17BrO2. The van der Waals surface area contributed by atoms with Crippen LogP contribution in [0.25, 0.3) is 0 Å². The van der Waals surface area contributed by atoms with Crippen molar-refractivity contribution in [2.75, 3.05) is 11.9 Å². The summed E-state index contributed by atoms with van der Waals surface area (Å²) in [6.45, 7) is 0.541. The molecule has 0 unspecified atom stereocenters. The molecule has 0 atom stereocenters. The number of carbonyl (C=O) groups is 1. The SMILES string of the molecule is O=C(CBr)OCCCCCc1ccccc1. The molecule has 0 radical (unpaired) electrons. The van der Waals surface area contributed by atoms with Gasteiger partial charge in [-0.05, 0) is 31.2 Å². The molecule has 0 fully saturated rings. The van der Waals surface area contributed by atoms with Gasteiger partial charge >= 0.3 is 5.97 Å². The summed E-state index contributed by atoms with van der Waals surface area (Å²) in [6.07, 6.45) is 4.30. The maximum Gasteiger partial charge on any atom is 0.316 e. The Balaban J connectivity index is 1.98. The third-order valence-corrected chi connectivity index (χ3v) is 2.78. The Hall–Kier alpha value is -0.830. The fourth-order valence-electron chi connectivity index (χ4n) is 1.48. The summed E-state index contributed by atoms with van der Waals surface area (Å²) in [5, 5.41) is 0.289. The molecule has 3 heteroatoms. The van der Waals surface area contributed by atoms with E-state index in [9.17, 15) is 4.79 Å². The first-order chi connectivity index (χ1) is 7.83. The molecule has 0 saturated carbocycles. The molecule has 0 aromatic heterocycles. The van der Waals surface area contributed by atoms with E-state index in [0.29, 0.717) is 6.61 Å². The van der Waals surface area contributed by atoms with Crippen LogP contribution in [0.5, 0.6) is 0 Å². The van der Waals surface area contributed by atoms with E-state index in [1.807, 2.05) is 6.07 Å². The van der Waals surface area contributed by atoms with Gasteiger partial charge in [-0.25, -0.2) is 0 Å². The van der Waals surface area contributed by atoms with Crippen LogP contribution in [0.2, 0.25) is 0 Å². The monoisotopic (exact) mass is 284 g/mol. The molecule has 0 N–H and O–H groups in total. The van der Waals surface area contributed by atoms with Gasteiger partial charge in [0, 0.05) is 0 Å². The highest BCUT2D eigenvalue weighted by Gasteiger charge is 1.98. The Morgan fingerprint density at radius 2 is 1.88 bits per heavy atom. The van der Waals surface area contributed by atoms with E-state index >= 15 is 0 Å². The fourth-order valence-corrected chi connectivity index (χ4v) is 1.64. The molecule has 0 aliphatic rings. The molecule has 16 heavy (non-hydrogen) atoms. The standard InChI is InChI=1S/C13H17BrO2/c14-11-13(15)16-10-6-2-5-9-12-7-3-1-4-8-12/h1,3-4,7-8H,2,5-6,9-11H2. The zero-order chi connectivity index (χ0) is 11.6. The van der Waals surface area contributed by atoms with Gasteiger partial charge in [0.2, 0.25) is 0 Å². The van der Waals surface area contributed by atoms with Crippen LogP contribution < -0.4 is 0 Å². The molecule has 2 nitrogen and oxygen atoms in total. The number of unbranched alkanes of at least 4 members (excludes halogenated alkanes) is 2. The van der Waals surface area contributed by atoms with Gasteiger partial charge in [0.05, 0.1) is 6.61 Å². The Morgan fingerprint density at radius 3 is 2.56 bits per heavy atom. The average Bonchev–Trinajstić information content (AvgIpc) is 2.34. The number of aryl methyl sites for hydroxylation is 1. The van der Waals surface area contributed by atoms with Gasteiger partial charge in [-0.1, -0.05) is 46.3 Å². The van der Waals surface area contributed by atoms with Crippen molar-refractivity contribution >= 4 is 21.9 Å². The molecule has 1 aromatic carbocycles. The van der Waals surface area contributed by atoms with Crippen molar-refractivity contribution in [3.05, 3.63) is 35.9 Å². The third-order valence-electron chi connectivity index (χ3n) is 2.32. The van der Waals surface area contributed by atoms with Crippen LogP contribution in [-0.2, 0) is 16.0 Å². The first-order valence-corrected chi connectivity index (χ1v) is 6.70. The predicted octanol–water partition coefficient (Wildman–Crippen LogP) is 3.34. The summed E-state index contributed by atoms with van der Waals surface area (Å²) in [4.78, 5) is 10.8. The van der Waals surface area contributed by atoms with Crippen molar-refractivity contribution in [1.82, 2.24) is 0 Å². The number of ether oxygens (including phenoxy) is 1. The number of alkyl halides is 1. The van der Waals surface area contributed by atoms with E-state index in [1.165, 1.54) is 5.56 Å². The summed E-state index contributed by atoms with van der Waals surface area (Å²) in [7, 11) is 0. The van der Waals surface area contributed by atoms with Gasteiger partial charge in [-0.3, -0.25) is 4.79 Å². The van der Waals surface area contributed by atoms with E-state index in [4.69, 9.17) is 4.74 Å². The maximum absolute atomic E-state index is 10.8. The van der Waals surface area contributed by atoms with Crippen LogP contribution in [0.15, 0.2) is 30.3 Å². The molecule has 0 aliphatic heterocycles. The Bertz CT molecular complexity index is 298. The van der Waals surface area contributed by atoms with Crippen molar-refractivity contribution in [3.63, 3.8) is 0 Å². The minimum atomic E-state index is -0.178. The lowest BCUT2D eigenvalue weighted by Crippen LogP contribution is -2.06. The quantitative estimate of drug-likeness (QED) is 0.436. The molecular weight excluding hydrogens is 268 g/mol. The summed E-state index contributed by atoms with van der Waals surface area (Å²) in [6, 6.07) is 10.4. The van der Waals surface area contributed by atoms with Crippen molar-refractivity contribution in [2.45, 2.75) is 25.7 Å². The molecule has 1 aromatic rings. The van der Waals surface area contributed by atoms with Crippen molar-refractivity contribution in [1.29, 1.82) is 0 Å². The lowest BCUT2D eigenvalue weighted by Gasteiger charge is -2.03. The van der Waals surface area contributed by atoms with Crippen LogP contribution in [0.4, 0.5) is 0 Å². The number of carbonyl (C=O) groups excluding carboxylic acids is 1. The van der Waals surface area contributed by atoms with Crippen LogP contribution in [0, 0.1) is 0 Å². The maximum atomic E-state index is 10.8. The zero-order valence-electron chi connectivity index (χ0n) is 9.32. The molecule has 88 valence electrons. The lowest BCUT2D eigenvalue weighted by molar-refractivity contribution is -0.140. The number of benzene rings is 1. The highest BCUT2D eigenvalue weighted by atomic mass is 79.9. The van der Waals surface area contributed by atoms with Gasteiger partial charge in [0.1, 0.15) is 5.33 Å².